The Hall–Kier alpha value is -0.0800. The van der Waals surface area contributed by atoms with Gasteiger partial charge in [-0.1, -0.05) is 45.4 Å². The summed E-state index contributed by atoms with van der Waals surface area (Å²) in [6.45, 7) is 3.29. The lowest BCUT2D eigenvalue weighted by Crippen LogP contribution is -2.30. The van der Waals surface area contributed by atoms with Gasteiger partial charge in [-0.2, -0.15) is 0 Å². The molecule has 0 radical (unpaired) electrons. The van der Waals surface area contributed by atoms with Crippen LogP contribution >= 0.6 is 0 Å². The van der Waals surface area contributed by atoms with Crippen LogP contribution in [0.2, 0.25) is 0 Å². The second-order valence-electron chi connectivity index (χ2n) is 8.30. The standard InChI is InChI=1S/C22H42O2/c1-3-4-5-6-7-8-9-18-24-22-16-12-20(13-17-22)19-10-14-21(23-2)15-11-19/h19-22H,3-18H2,1-2H3. The van der Waals surface area contributed by atoms with Gasteiger partial charge in [0.05, 0.1) is 12.2 Å². The van der Waals surface area contributed by atoms with Gasteiger partial charge in [-0.25, -0.2) is 0 Å². The molecule has 2 aliphatic rings. The second kappa shape index (κ2) is 12.3. The molecule has 142 valence electrons. The van der Waals surface area contributed by atoms with E-state index in [0.29, 0.717) is 12.2 Å². The summed E-state index contributed by atoms with van der Waals surface area (Å²) in [4.78, 5) is 0. The van der Waals surface area contributed by atoms with Gasteiger partial charge in [-0.05, 0) is 69.6 Å². The van der Waals surface area contributed by atoms with Crippen molar-refractivity contribution in [1.29, 1.82) is 0 Å². The van der Waals surface area contributed by atoms with E-state index < -0.39 is 0 Å². The van der Waals surface area contributed by atoms with E-state index in [1.807, 2.05) is 7.11 Å². The summed E-state index contributed by atoms with van der Waals surface area (Å²) in [5.41, 5.74) is 0. The molecule has 0 N–H and O–H groups in total. The van der Waals surface area contributed by atoms with Crippen molar-refractivity contribution in [3.63, 3.8) is 0 Å². The van der Waals surface area contributed by atoms with Crippen LogP contribution in [0.15, 0.2) is 0 Å². The minimum Gasteiger partial charge on any atom is -0.381 e. The third-order valence-electron chi connectivity index (χ3n) is 6.54. The van der Waals surface area contributed by atoms with Crippen molar-refractivity contribution in [2.45, 2.75) is 115 Å². The molecule has 0 spiro atoms. The Balaban J connectivity index is 1.46. The Morgan fingerprint density at radius 3 is 1.67 bits per heavy atom. The van der Waals surface area contributed by atoms with Gasteiger partial charge >= 0.3 is 0 Å². The monoisotopic (exact) mass is 338 g/mol. The molecule has 0 aromatic rings. The average Bonchev–Trinajstić information content (AvgIpc) is 2.64. The highest BCUT2D eigenvalue weighted by molar-refractivity contribution is 4.82. The fraction of sp³-hybridized carbons (Fsp3) is 1.00. The van der Waals surface area contributed by atoms with Crippen molar-refractivity contribution in [3.8, 4) is 0 Å². The Kier molecular flexibility index (Phi) is 10.4. The van der Waals surface area contributed by atoms with Gasteiger partial charge in [0.25, 0.3) is 0 Å². The van der Waals surface area contributed by atoms with Gasteiger partial charge in [-0.3, -0.25) is 0 Å². The first-order valence-corrected chi connectivity index (χ1v) is 11.0. The predicted molar refractivity (Wildman–Crippen MR) is 102 cm³/mol. The zero-order valence-electron chi connectivity index (χ0n) is 16.4. The number of methoxy groups -OCH3 is 1. The lowest BCUT2D eigenvalue weighted by Gasteiger charge is -2.37. The van der Waals surface area contributed by atoms with E-state index in [1.165, 1.54) is 96.3 Å². The van der Waals surface area contributed by atoms with Gasteiger partial charge in [0.1, 0.15) is 0 Å². The maximum Gasteiger partial charge on any atom is 0.0575 e. The Morgan fingerprint density at radius 2 is 1.12 bits per heavy atom. The molecule has 0 aromatic heterocycles. The molecule has 2 nitrogen and oxygen atoms in total. The summed E-state index contributed by atoms with van der Waals surface area (Å²) in [6, 6.07) is 0. The molecule has 2 fully saturated rings. The molecule has 0 atom stereocenters. The van der Waals surface area contributed by atoms with Gasteiger partial charge in [0, 0.05) is 13.7 Å². The van der Waals surface area contributed by atoms with Gasteiger partial charge in [-0.15, -0.1) is 0 Å². The lowest BCUT2D eigenvalue weighted by atomic mass is 9.72. The van der Waals surface area contributed by atoms with Crippen LogP contribution in [0.4, 0.5) is 0 Å². The quantitative estimate of drug-likeness (QED) is 0.399. The summed E-state index contributed by atoms with van der Waals surface area (Å²) < 4.78 is 11.7. The summed E-state index contributed by atoms with van der Waals surface area (Å²) in [6.07, 6.45) is 21.6. The highest BCUT2D eigenvalue weighted by Crippen LogP contribution is 2.39. The molecule has 2 heteroatoms. The number of hydrogen-bond acceptors (Lipinski definition) is 2. The Labute approximate surface area is 151 Å². The second-order valence-corrected chi connectivity index (χ2v) is 8.30. The van der Waals surface area contributed by atoms with E-state index in [0.717, 1.165) is 18.4 Å². The largest absolute Gasteiger partial charge is 0.381 e. The van der Waals surface area contributed by atoms with E-state index in [9.17, 15) is 0 Å². The molecule has 0 amide bonds. The molecular formula is C22H42O2. The van der Waals surface area contributed by atoms with Crippen molar-refractivity contribution < 1.29 is 9.47 Å². The van der Waals surface area contributed by atoms with Crippen LogP contribution in [-0.2, 0) is 9.47 Å². The van der Waals surface area contributed by atoms with Crippen molar-refractivity contribution >= 4 is 0 Å². The first-order chi connectivity index (χ1) is 11.8. The first-order valence-electron chi connectivity index (χ1n) is 11.0. The third-order valence-corrected chi connectivity index (χ3v) is 6.54. The lowest BCUT2D eigenvalue weighted by molar-refractivity contribution is -0.00236. The minimum atomic E-state index is 0.544. The SMILES string of the molecule is CCCCCCCCCOC1CCC(C2CCC(OC)CC2)CC1. The number of hydrogen-bond donors (Lipinski definition) is 0. The van der Waals surface area contributed by atoms with Crippen LogP contribution in [0.1, 0.15) is 103 Å². The summed E-state index contributed by atoms with van der Waals surface area (Å²) >= 11 is 0. The zero-order valence-corrected chi connectivity index (χ0v) is 16.4. The smallest absolute Gasteiger partial charge is 0.0575 e. The Morgan fingerprint density at radius 1 is 0.625 bits per heavy atom. The third kappa shape index (κ3) is 7.44. The van der Waals surface area contributed by atoms with E-state index in [2.05, 4.69) is 6.92 Å². The van der Waals surface area contributed by atoms with Crippen molar-refractivity contribution in [1.82, 2.24) is 0 Å². The summed E-state index contributed by atoms with van der Waals surface area (Å²) in [5, 5.41) is 0. The molecule has 0 aliphatic heterocycles. The molecule has 0 aromatic carbocycles. The molecule has 0 heterocycles. The number of ether oxygens (including phenoxy) is 2. The maximum atomic E-state index is 6.16. The molecule has 0 unspecified atom stereocenters. The normalized spacial score (nSPS) is 31.2. The number of rotatable bonds is 11. The molecule has 2 saturated carbocycles. The topological polar surface area (TPSA) is 18.5 Å². The van der Waals surface area contributed by atoms with Gasteiger partial charge in [0.15, 0.2) is 0 Å². The van der Waals surface area contributed by atoms with Gasteiger partial charge in [0.2, 0.25) is 0 Å². The van der Waals surface area contributed by atoms with Crippen LogP contribution in [0, 0.1) is 11.8 Å². The first kappa shape index (κ1) is 20.2. The Bertz CT molecular complexity index is 288. The molecule has 2 rings (SSSR count). The zero-order chi connectivity index (χ0) is 17.0. The molecule has 24 heavy (non-hydrogen) atoms. The predicted octanol–water partition coefficient (Wildman–Crippen LogP) is 6.52. The fourth-order valence-electron chi connectivity index (χ4n) is 4.83. The van der Waals surface area contributed by atoms with E-state index in [4.69, 9.17) is 9.47 Å². The fourth-order valence-corrected chi connectivity index (χ4v) is 4.83. The van der Waals surface area contributed by atoms with Crippen molar-refractivity contribution in [2.75, 3.05) is 13.7 Å². The average molecular weight is 339 g/mol. The van der Waals surface area contributed by atoms with Crippen molar-refractivity contribution in [3.05, 3.63) is 0 Å². The highest BCUT2D eigenvalue weighted by atomic mass is 16.5. The number of unbranched alkanes of at least 4 members (excludes halogenated alkanes) is 6. The summed E-state index contributed by atoms with van der Waals surface area (Å²) in [7, 11) is 1.87. The van der Waals surface area contributed by atoms with Crippen LogP contribution in [0.25, 0.3) is 0 Å². The van der Waals surface area contributed by atoms with Gasteiger partial charge < -0.3 is 9.47 Å². The minimum absolute atomic E-state index is 0.544. The summed E-state index contributed by atoms with van der Waals surface area (Å²) in [5.74, 6) is 1.95. The molecule has 2 aliphatic carbocycles. The molecule has 0 saturated heterocycles. The highest BCUT2D eigenvalue weighted by Gasteiger charge is 2.30. The van der Waals surface area contributed by atoms with Crippen LogP contribution in [-0.4, -0.2) is 25.9 Å². The van der Waals surface area contributed by atoms with Crippen molar-refractivity contribution in [2.24, 2.45) is 11.8 Å². The van der Waals surface area contributed by atoms with Crippen LogP contribution in [0.5, 0.6) is 0 Å². The van der Waals surface area contributed by atoms with Crippen LogP contribution < -0.4 is 0 Å². The maximum absolute atomic E-state index is 6.16. The van der Waals surface area contributed by atoms with E-state index >= 15 is 0 Å². The molecule has 0 bridgehead atoms. The van der Waals surface area contributed by atoms with E-state index in [-0.39, 0.29) is 0 Å². The van der Waals surface area contributed by atoms with Crippen LogP contribution in [0.3, 0.4) is 0 Å². The van der Waals surface area contributed by atoms with E-state index in [1.54, 1.807) is 0 Å². The molecular weight excluding hydrogens is 296 g/mol.